The molecular formula is C13H18N2. The van der Waals surface area contributed by atoms with Gasteiger partial charge in [-0.3, -0.25) is 0 Å². The van der Waals surface area contributed by atoms with Crippen molar-refractivity contribution in [2.45, 2.75) is 27.3 Å². The van der Waals surface area contributed by atoms with E-state index in [-0.39, 0.29) is 5.41 Å². The van der Waals surface area contributed by atoms with Crippen molar-refractivity contribution < 1.29 is 0 Å². The average molecular weight is 202 g/mol. The highest BCUT2D eigenvalue weighted by atomic mass is 15.0. The number of fused-ring (bicyclic) bond motifs is 1. The molecule has 0 bridgehead atoms. The Bertz CT molecular complexity index is 475. The summed E-state index contributed by atoms with van der Waals surface area (Å²) >= 11 is 0. The van der Waals surface area contributed by atoms with Crippen LogP contribution in [0.25, 0.3) is 10.9 Å². The third-order valence-electron chi connectivity index (χ3n) is 2.44. The van der Waals surface area contributed by atoms with Gasteiger partial charge in [-0.05, 0) is 29.0 Å². The van der Waals surface area contributed by atoms with E-state index >= 15 is 0 Å². The van der Waals surface area contributed by atoms with Crippen molar-refractivity contribution in [3.63, 3.8) is 0 Å². The van der Waals surface area contributed by atoms with Crippen LogP contribution in [0, 0.1) is 5.41 Å². The first kappa shape index (κ1) is 10.1. The normalized spacial score (nSPS) is 12.2. The van der Waals surface area contributed by atoms with Crippen molar-refractivity contribution in [1.82, 2.24) is 4.57 Å². The highest BCUT2D eigenvalue weighted by Crippen LogP contribution is 2.23. The molecule has 0 aliphatic carbocycles. The number of nitrogens with zero attached hydrogens (tertiary/aromatic N) is 1. The van der Waals surface area contributed by atoms with Gasteiger partial charge in [0.2, 0.25) is 0 Å². The van der Waals surface area contributed by atoms with Gasteiger partial charge in [0.05, 0.1) is 5.52 Å². The second-order valence-electron chi connectivity index (χ2n) is 5.32. The topological polar surface area (TPSA) is 30.9 Å². The molecule has 2 rings (SSSR count). The lowest BCUT2D eigenvalue weighted by Gasteiger charge is -2.19. The number of hydrogen-bond acceptors (Lipinski definition) is 1. The van der Waals surface area contributed by atoms with Gasteiger partial charge in [0.1, 0.15) is 0 Å². The molecule has 2 aromatic rings. The van der Waals surface area contributed by atoms with Gasteiger partial charge in [-0.15, -0.1) is 0 Å². The Hall–Kier alpha value is -1.44. The summed E-state index contributed by atoms with van der Waals surface area (Å²) in [5, 5.41) is 1.26. The molecular weight excluding hydrogens is 184 g/mol. The SMILES string of the molecule is CC(C)(C)Cn1ccc2ccc(N)cc21. The van der Waals surface area contributed by atoms with Crippen LogP contribution < -0.4 is 5.73 Å². The van der Waals surface area contributed by atoms with Crippen LogP contribution in [0.4, 0.5) is 5.69 Å². The predicted octanol–water partition coefficient (Wildman–Crippen LogP) is 3.27. The van der Waals surface area contributed by atoms with Crippen LogP contribution in [0.5, 0.6) is 0 Å². The fourth-order valence-corrected chi connectivity index (χ4v) is 1.85. The Morgan fingerprint density at radius 2 is 1.93 bits per heavy atom. The summed E-state index contributed by atoms with van der Waals surface area (Å²) in [5.41, 5.74) is 8.15. The lowest BCUT2D eigenvalue weighted by molar-refractivity contribution is 0.349. The highest BCUT2D eigenvalue weighted by molar-refractivity contribution is 5.83. The fourth-order valence-electron chi connectivity index (χ4n) is 1.85. The van der Waals surface area contributed by atoms with E-state index in [4.69, 9.17) is 5.73 Å². The summed E-state index contributed by atoms with van der Waals surface area (Å²) in [4.78, 5) is 0. The van der Waals surface area contributed by atoms with E-state index in [0.29, 0.717) is 0 Å². The minimum Gasteiger partial charge on any atom is -0.399 e. The third kappa shape index (κ3) is 2.14. The average Bonchev–Trinajstić information content (AvgIpc) is 2.46. The van der Waals surface area contributed by atoms with Crippen molar-refractivity contribution in [3.05, 3.63) is 30.5 Å². The quantitative estimate of drug-likeness (QED) is 0.707. The Kier molecular flexibility index (Phi) is 2.22. The van der Waals surface area contributed by atoms with Crippen LogP contribution in [0.15, 0.2) is 30.5 Å². The van der Waals surface area contributed by atoms with Crippen LogP contribution in [0.2, 0.25) is 0 Å². The zero-order chi connectivity index (χ0) is 11.1. The van der Waals surface area contributed by atoms with Crippen LogP contribution in [0.1, 0.15) is 20.8 Å². The number of nitrogen functional groups attached to an aromatic ring is 1. The number of benzene rings is 1. The number of nitrogens with two attached hydrogens (primary N) is 1. The number of aromatic nitrogens is 1. The monoisotopic (exact) mass is 202 g/mol. The summed E-state index contributed by atoms with van der Waals surface area (Å²) < 4.78 is 2.27. The van der Waals surface area contributed by atoms with Gasteiger partial charge < -0.3 is 10.3 Å². The van der Waals surface area contributed by atoms with E-state index in [2.05, 4.69) is 43.7 Å². The first-order valence-corrected chi connectivity index (χ1v) is 5.30. The maximum absolute atomic E-state index is 5.80. The Morgan fingerprint density at radius 1 is 1.20 bits per heavy atom. The molecule has 0 atom stereocenters. The second kappa shape index (κ2) is 3.30. The van der Waals surface area contributed by atoms with Crippen LogP contribution in [0.3, 0.4) is 0 Å². The Morgan fingerprint density at radius 3 is 2.60 bits per heavy atom. The van der Waals surface area contributed by atoms with Crippen molar-refractivity contribution in [3.8, 4) is 0 Å². The minimum atomic E-state index is 0.288. The Balaban J connectivity index is 2.48. The molecule has 0 aliphatic rings. The summed E-state index contributed by atoms with van der Waals surface area (Å²) in [6, 6.07) is 8.20. The van der Waals surface area contributed by atoms with E-state index in [9.17, 15) is 0 Å². The van der Waals surface area contributed by atoms with E-state index in [1.165, 1.54) is 10.9 Å². The predicted molar refractivity (Wildman–Crippen MR) is 65.8 cm³/mol. The molecule has 1 aromatic heterocycles. The molecule has 15 heavy (non-hydrogen) atoms. The summed E-state index contributed by atoms with van der Waals surface area (Å²) in [6.45, 7) is 7.74. The van der Waals surface area contributed by atoms with Crippen molar-refractivity contribution >= 4 is 16.6 Å². The Labute approximate surface area is 90.7 Å². The molecule has 2 nitrogen and oxygen atoms in total. The number of hydrogen-bond donors (Lipinski definition) is 1. The molecule has 1 aromatic carbocycles. The van der Waals surface area contributed by atoms with Crippen molar-refractivity contribution in [2.75, 3.05) is 5.73 Å². The largest absolute Gasteiger partial charge is 0.399 e. The highest BCUT2D eigenvalue weighted by Gasteiger charge is 2.12. The maximum Gasteiger partial charge on any atom is 0.0501 e. The van der Waals surface area contributed by atoms with Gasteiger partial charge in [-0.25, -0.2) is 0 Å². The molecule has 0 amide bonds. The van der Waals surface area contributed by atoms with Gasteiger partial charge in [0, 0.05) is 18.4 Å². The molecule has 0 fully saturated rings. The van der Waals surface area contributed by atoms with Gasteiger partial charge in [-0.1, -0.05) is 26.8 Å². The maximum atomic E-state index is 5.80. The lowest BCUT2D eigenvalue weighted by atomic mass is 9.97. The number of rotatable bonds is 1. The molecule has 0 radical (unpaired) electrons. The molecule has 0 saturated carbocycles. The van der Waals surface area contributed by atoms with Gasteiger partial charge in [-0.2, -0.15) is 0 Å². The van der Waals surface area contributed by atoms with E-state index in [1.807, 2.05) is 12.1 Å². The molecule has 80 valence electrons. The summed E-state index contributed by atoms with van der Waals surface area (Å²) in [7, 11) is 0. The molecule has 2 heteroatoms. The van der Waals surface area contributed by atoms with Crippen LogP contribution >= 0.6 is 0 Å². The summed E-state index contributed by atoms with van der Waals surface area (Å²) in [5.74, 6) is 0. The molecule has 0 spiro atoms. The van der Waals surface area contributed by atoms with E-state index < -0.39 is 0 Å². The molecule has 0 aliphatic heterocycles. The zero-order valence-corrected chi connectivity index (χ0v) is 9.62. The third-order valence-corrected chi connectivity index (χ3v) is 2.44. The molecule has 2 N–H and O–H groups in total. The molecule has 1 heterocycles. The van der Waals surface area contributed by atoms with Crippen molar-refractivity contribution in [1.29, 1.82) is 0 Å². The van der Waals surface area contributed by atoms with E-state index in [1.54, 1.807) is 0 Å². The summed E-state index contributed by atoms with van der Waals surface area (Å²) in [6.07, 6.45) is 2.13. The number of anilines is 1. The standard InChI is InChI=1S/C13H18N2/c1-13(2,3)9-15-7-6-10-4-5-11(14)8-12(10)15/h4-8H,9,14H2,1-3H3. The molecule has 0 saturated heterocycles. The van der Waals surface area contributed by atoms with Gasteiger partial charge >= 0.3 is 0 Å². The molecule has 0 unspecified atom stereocenters. The van der Waals surface area contributed by atoms with Crippen LogP contribution in [-0.4, -0.2) is 4.57 Å². The van der Waals surface area contributed by atoms with Crippen molar-refractivity contribution in [2.24, 2.45) is 5.41 Å². The first-order valence-electron chi connectivity index (χ1n) is 5.30. The first-order chi connectivity index (χ1) is 6.96. The minimum absolute atomic E-state index is 0.288. The smallest absolute Gasteiger partial charge is 0.0501 e. The van der Waals surface area contributed by atoms with Gasteiger partial charge in [0.15, 0.2) is 0 Å². The van der Waals surface area contributed by atoms with E-state index in [0.717, 1.165) is 12.2 Å². The van der Waals surface area contributed by atoms with Gasteiger partial charge in [0.25, 0.3) is 0 Å². The fraction of sp³-hybridized carbons (Fsp3) is 0.385. The van der Waals surface area contributed by atoms with Crippen LogP contribution in [-0.2, 0) is 6.54 Å². The second-order valence-corrected chi connectivity index (χ2v) is 5.32. The zero-order valence-electron chi connectivity index (χ0n) is 9.62. The lowest BCUT2D eigenvalue weighted by Crippen LogP contribution is -2.14.